The number of rotatable bonds is 8. The second-order valence-corrected chi connectivity index (χ2v) is 8.92. The fraction of sp³-hybridized carbons (Fsp3) is 0.0312. The van der Waals surface area contributed by atoms with E-state index in [0.717, 1.165) is 27.7 Å². The number of anilines is 4. The van der Waals surface area contributed by atoms with Gasteiger partial charge in [0.25, 0.3) is 5.91 Å². The number of pyridine rings is 1. The minimum Gasteiger partial charge on any atom is -0.397 e. The maximum Gasteiger partial charge on any atom is 0.251 e. The third-order valence-corrected chi connectivity index (χ3v) is 6.13. The molecular weight excluding hydrogens is 486 g/mol. The van der Waals surface area contributed by atoms with Gasteiger partial charge in [0, 0.05) is 29.0 Å². The third-order valence-electron chi connectivity index (χ3n) is 6.13. The number of nitrogens with two attached hydrogens (primary N) is 1. The molecule has 39 heavy (non-hydrogen) atoms. The number of para-hydroxylation sites is 3. The molecule has 0 bridgehead atoms. The fourth-order valence-electron chi connectivity index (χ4n) is 4.12. The molecule has 0 aliphatic rings. The van der Waals surface area contributed by atoms with Gasteiger partial charge in [-0.2, -0.15) is 0 Å². The number of carbonyl (C=O) groups excluding carboxylic acids is 2. The summed E-state index contributed by atoms with van der Waals surface area (Å²) >= 11 is 0. The number of hydrogen-bond acceptors (Lipinski definition) is 5. The molecule has 7 heteroatoms. The molecule has 1 atom stereocenters. The average molecular weight is 514 g/mol. The van der Waals surface area contributed by atoms with Gasteiger partial charge in [0.1, 0.15) is 6.04 Å². The molecule has 1 heterocycles. The van der Waals surface area contributed by atoms with Crippen LogP contribution in [0.2, 0.25) is 0 Å². The monoisotopic (exact) mass is 513 g/mol. The maximum atomic E-state index is 13.4. The van der Waals surface area contributed by atoms with E-state index in [9.17, 15) is 9.59 Å². The summed E-state index contributed by atoms with van der Waals surface area (Å²) in [4.78, 5) is 30.1. The van der Waals surface area contributed by atoms with Crippen molar-refractivity contribution >= 4 is 51.5 Å². The molecule has 1 aromatic heterocycles. The molecule has 0 spiro atoms. The van der Waals surface area contributed by atoms with Crippen molar-refractivity contribution in [1.82, 2.24) is 4.98 Å². The number of benzene rings is 4. The predicted molar refractivity (Wildman–Crippen MR) is 158 cm³/mol. The van der Waals surface area contributed by atoms with Crippen molar-refractivity contribution in [2.45, 2.75) is 6.04 Å². The van der Waals surface area contributed by atoms with E-state index in [1.165, 1.54) is 6.08 Å². The van der Waals surface area contributed by atoms with Crippen molar-refractivity contribution in [3.05, 3.63) is 133 Å². The molecule has 1 unspecified atom stereocenters. The minimum atomic E-state index is -0.665. The quantitative estimate of drug-likeness (QED) is 0.145. The number of aromatic nitrogens is 1. The fourth-order valence-corrected chi connectivity index (χ4v) is 4.12. The Labute approximate surface area is 226 Å². The van der Waals surface area contributed by atoms with Crippen LogP contribution in [0, 0.1) is 0 Å². The highest BCUT2D eigenvalue weighted by molar-refractivity contribution is 6.03. The van der Waals surface area contributed by atoms with Crippen molar-refractivity contribution in [2.24, 2.45) is 0 Å². The summed E-state index contributed by atoms with van der Waals surface area (Å²) in [6.45, 7) is 0. The zero-order valence-electron chi connectivity index (χ0n) is 21.0. The average Bonchev–Trinajstić information content (AvgIpc) is 2.97. The topological polar surface area (TPSA) is 109 Å². The SMILES string of the molecule is Nc1ccccc1NC(=O)/C=C/c1ccc(C(Nc2ccc3ncccc3c2)C(=O)Nc2ccccc2)cc1. The van der Waals surface area contributed by atoms with Gasteiger partial charge in [-0.3, -0.25) is 14.6 Å². The molecule has 5 aromatic rings. The molecule has 5 rings (SSSR count). The largest absolute Gasteiger partial charge is 0.397 e. The molecule has 0 radical (unpaired) electrons. The van der Waals surface area contributed by atoms with E-state index in [-0.39, 0.29) is 11.8 Å². The Morgan fingerprint density at radius 1 is 0.769 bits per heavy atom. The third kappa shape index (κ3) is 6.47. The van der Waals surface area contributed by atoms with E-state index in [1.807, 2.05) is 97.1 Å². The van der Waals surface area contributed by atoms with E-state index < -0.39 is 6.04 Å². The van der Waals surface area contributed by atoms with Gasteiger partial charge >= 0.3 is 0 Å². The van der Waals surface area contributed by atoms with Crippen LogP contribution < -0.4 is 21.7 Å². The Kier molecular flexibility index (Phi) is 7.60. The molecule has 0 fully saturated rings. The first-order valence-corrected chi connectivity index (χ1v) is 12.5. The van der Waals surface area contributed by atoms with Crippen LogP contribution in [0.3, 0.4) is 0 Å². The number of carbonyl (C=O) groups is 2. The molecular formula is C32H27N5O2. The molecule has 0 saturated heterocycles. The maximum absolute atomic E-state index is 13.4. The number of nitrogens with zero attached hydrogens (tertiary/aromatic N) is 1. The molecule has 192 valence electrons. The summed E-state index contributed by atoms with van der Waals surface area (Å²) in [5.74, 6) is -0.486. The zero-order valence-corrected chi connectivity index (χ0v) is 21.0. The number of fused-ring (bicyclic) bond motifs is 1. The Bertz CT molecular complexity index is 1630. The highest BCUT2D eigenvalue weighted by atomic mass is 16.2. The van der Waals surface area contributed by atoms with Gasteiger partial charge in [-0.25, -0.2) is 0 Å². The van der Waals surface area contributed by atoms with Crippen LogP contribution in [-0.2, 0) is 9.59 Å². The van der Waals surface area contributed by atoms with Crippen LogP contribution in [-0.4, -0.2) is 16.8 Å². The molecule has 4 aromatic carbocycles. The van der Waals surface area contributed by atoms with Gasteiger partial charge in [0.05, 0.1) is 16.9 Å². The zero-order chi connectivity index (χ0) is 27.0. The predicted octanol–water partition coefficient (Wildman–Crippen LogP) is 6.26. The van der Waals surface area contributed by atoms with Crippen LogP contribution in [0.1, 0.15) is 17.2 Å². The Hall–Kier alpha value is -5.43. The lowest BCUT2D eigenvalue weighted by Crippen LogP contribution is -2.27. The van der Waals surface area contributed by atoms with Crippen molar-refractivity contribution in [1.29, 1.82) is 0 Å². The van der Waals surface area contributed by atoms with Gasteiger partial charge in [-0.1, -0.05) is 60.7 Å². The summed E-state index contributed by atoms with van der Waals surface area (Å²) in [6, 6.07) is 32.9. The van der Waals surface area contributed by atoms with E-state index in [2.05, 4.69) is 20.9 Å². The second kappa shape index (κ2) is 11.7. The summed E-state index contributed by atoms with van der Waals surface area (Å²) < 4.78 is 0. The van der Waals surface area contributed by atoms with E-state index >= 15 is 0 Å². The van der Waals surface area contributed by atoms with Gasteiger partial charge in [-0.05, 0) is 65.7 Å². The highest BCUT2D eigenvalue weighted by Gasteiger charge is 2.21. The molecule has 5 N–H and O–H groups in total. The highest BCUT2D eigenvalue weighted by Crippen LogP contribution is 2.25. The molecule has 7 nitrogen and oxygen atoms in total. The Morgan fingerprint density at radius 2 is 1.54 bits per heavy atom. The van der Waals surface area contributed by atoms with Crippen LogP contribution in [0.25, 0.3) is 17.0 Å². The molecule has 0 aliphatic heterocycles. The molecule has 0 saturated carbocycles. The summed E-state index contributed by atoms with van der Waals surface area (Å²) in [5.41, 5.74) is 10.9. The number of amides is 2. The first-order valence-electron chi connectivity index (χ1n) is 12.5. The lowest BCUT2D eigenvalue weighted by Gasteiger charge is -2.20. The van der Waals surface area contributed by atoms with Gasteiger partial charge in [0.2, 0.25) is 5.91 Å². The van der Waals surface area contributed by atoms with Crippen molar-refractivity contribution < 1.29 is 9.59 Å². The van der Waals surface area contributed by atoms with Gasteiger partial charge < -0.3 is 21.7 Å². The summed E-state index contributed by atoms with van der Waals surface area (Å²) in [6.07, 6.45) is 4.91. The first kappa shape index (κ1) is 25.2. The lowest BCUT2D eigenvalue weighted by atomic mass is 10.0. The Balaban J connectivity index is 1.35. The summed E-state index contributed by atoms with van der Waals surface area (Å²) in [5, 5.41) is 10.1. The number of nitrogens with one attached hydrogen (secondary N) is 3. The van der Waals surface area contributed by atoms with Crippen LogP contribution in [0.4, 0.5) is 22.7 Å². The van der Waals surface area contributed by atoms with E-state index in [1.54, 1.807) is 24.4 Å². The molecule has 2 amide bonds. The van der Waals surface area contributed by atoms with Crippen LogP contribution in [0.5, 0.6) is 0 Å². The second-order valence-electron chi connectivity index (χ2n) is 8.92. The smallest absolute Gasteiger partial charge is 0.251 e. The van der Waals surface area contributed by atoms with Crippen molar-refractivity contribution in [3.8, 4) is 0 Å². The normalized spacial score (nSPS) is 11.7. The summed E-state index contributed by atoms with van der Waals surface area (Å²) in [7, 11) is 0. The van der Waals surface area contributed by atoms with Gasteiger partial charge in [-0.15, -0.1) is 0 Å². The minimum absolute atomic E-state index is 0.199. The first-order chi connectivity index (χ1) is 19.0. The lowest BCUT2D eigenvalue weighted by molar-refractivity contribution is -0.117. The van der Waals surface area contributed by atoms with Crippen molar-refractivity contribution in [3.63, 3.8) is 0 Å². The van der Waals surface area contributed by atoms with Crippen LogP contribution >= 0.6 is 0 Å². The van der Waals surface area contributed by atoms with Crippen molar-refractivity contribution in [2.75, 3.05) is 21.7 Å². The number of nitrogen functional groups attached to an aromatic ring is 1. The number of hydrogen-bond donors (Lipinski definition) is 4. The molecule has 0 aliphatic carbocycles. The van der Waals surface area contributed by atoms with E-state index in [0.29, 0.717) is 17.1 Å². The standard InChI is InChI=1S/C32H27N5O2/c33-27-10-4-5-11-29(27)37-30(38)19-14-22-12-15-23(16-13-22)31(32(39)36-25-8-2-1-3-9-25)35-26-17-18-28-24(21-26)7-6-20-34-28/h1-21,31,35H,33H2,(H,36,39)(H,37,38)/b19-14+. The van der Waals surface area contributed by atoms with Gasteiger partial charge in [0.15, 0.2) is 0 Å². The van der Waals surface area contributed by atoms with Crippen LogP contribution in [0.15, 0.2) is 121 Å². The Morgan fingerprint density at radius 3 is 2.33 bits per heavy atom. The van der Waals surface area contributed by atoms with E-state index in [4.69, 9.17) is 5.73 Å².